The summed E-state index contributed by atoms with van der Waals surface area (Å²) in [6.45, 7) is 4.10. The van der Waals surface area contributed by atoms with Gasteiger partial charge < -0.3 is 5.32 Å². The fourth-order valence-electron chi connectivity index (χ4n) is 3.34. The van der Waals surface area contributed by atoms with Gasteiger partial charge in [-0.25, -0.2) is 18.3 Å². The molecule has 10 heteroatoms. The summed E-state index contributed by atoms with van der Waals surface area (Å²) in [5, 5.41) is 2.59. The van der Waals surface area contributed by atoms with Crippen LogP contribution in [0.3, 0.4) is 0 Å². The Kier molecular flexibility index (Phi) is 6.41. The van der Waals surface area contributed by atoms with Crippen LogP contribution in [-0.4, -0.2) is 25.2 Å². The molecule has 1 aromatic heterocycles. The molecule has 34 heavy (non-hydrogen) atoms. The molecule has 3 aromatic rings. The van der Waals surface area contributed by atoms with Crippen LogP contribution in [0.25, 0.3) is 0 Å². The number of hydrogen-bond donors (Lipinski definition) is 2. The number of anilines is 3. The maximum absolute atomic E-state index is 13.0. The van der Waals surface area contributed by atoms with Crippen molar-refractivity contribution in [1.82, 2.24) is 4.98 Å². The average Bonchev–Trinajstić information content (AvgIpc) is 3.03. The van der Waals surface area contributed by atoms with E-state index in [1.807, 2.05) is 26.0 Å². The number of nitrogens with one attached hydrogen (secondary N) is 2. The van der Waals surface area contributed by atoms with Crippen molar-refractivity contribution in [2.45, 2.75) is 24.7 Å². The lowest BCUT2D eigenvalue weighted by Crippen LogP contribution is -2.32. The van der Waals surface area contributed by atoms with E-state index in [1.165, 1.54) is 36.5 Å². The number of sulfonamides is 1. The lowest BCUT2D eigenvalue weighted by Gasteiger charge is -2.16. The van der Waals surface area contributed by atoms with Crippen LogP contribution < -0.4 is 14.9 Å². The molecule has 0 atom stereocenters. The maximum atomic E-state index is 13.0. The fourth-order valence-corrected chi connectivity index (χ4v) is 4.56. The number of imide groups is 1. The highest BCUT2D eigenvalue weighted by Gasteiger charge is 2.39. The van der Waals surface area contributed by atoms with E-state index in [1.54, 1.807) is 24.3 Å². The summed E-state index contributed by atoms with van der Waals surface area (Å²) in [4.78, 5) is 30.6. The van der Waals surface area contributed by atoms with E-state index >= 15 is 0 Å². The van der Waals surface area contributed by atoms with E-state index < -0.39 is 21.8 Å². The van der Waals surface area contributed by atoms with Gasteiger partial charge in [0.1, 0.15) is 16.5 Å². The smallest absolute Gasteiger partial charge is 0.283 e. The summed E-state index contributed by atoms with van der Waals surface area (Å²) in [7, 11) is -3.85. The molecule has 0 radical (unpaired) electrons. The minimum Gasteiger partial charge on any atom is -0.350 e. The molecule has 0 fully saturated rings. The van der Waals surface area contributed by atoms with Gasteiger partial charge in [0.2, 0.25) is 0 Å². The lowest BCUT2D eigenvalue weighted by atomic mass is 10.0. The summed E-state index contributed by atoms with van der Waals surface area (Å²) in [5.74, 6) is -0.729. The van der Waals surface area contributed by atoms with Crippen LogP contribution in [0, 0.1) is 0 Å². The SMILES string of the molecule is CC(C)c1ccc(N2C(=O)C(Cl)=C(Nc3ccc(S(=O)(=O)Nc4ccccn4)cc3)C2=O)cc1. The second-order valence-electron chi connectivity index (χ2n) is 7.85. The average molecular weight is 497 g/mol. The number of benzene rings is 2. The number of carbonyl (C=O) groups is 2. The van der Waals surface area contributed by atoms with Crippen molar-refractivity contribution < 1.29 is 18.0 Å². The molecule has 2 amide bonds. The molecule has 0 saturated heterocycles. The van der Waals surface area contributed by atoms with Gasteiger partial charge in [-0.15, -0.1) is 0 Å². The van der Waals surface area contributed by atoms with Crippen molar-refractivity contribution in [1.29, 1.82) is 0 Å². The van der Waals surface area contributed by atoms with Crippen molar-refractivity contribution >= 4 is 50.6 Å². The zero-order valence-corrected chi connectivity index (χ0v) is 19.9. The van der Waals surface area contributed by atoms with Gasteiger partial charge >= 0.3 is 0 Å². The van der Waals surface area contributed by atoms with Gasteiger partial charge in [0.05, 0.1) is 10.6 Å². The zero-order valence-electron chi connectivity index (χ0n) is 18.3. The van der Waals surface area contributed by atoms with E-state index in [2.05, 4.69) is 15.0 Å². The van der Waals surface area contributed by atoms with Crippen LogP contribution in [0.15, 0.2) is 88.6 Å². The number of rotatable bonds is 7. The first-order valence-electron chi connectivity index (χ1n) is 10.4. The first-order valence-corrected chi connectivity index (χ1v) is 12.2. The highest BCUT2D eigenvalue weighted by Crippen LogP contribution is 2.31. The molecular formula is C24H21ClN4O4S. The van der Waals surface area contributed by atoms with Crippen LogP contribution in [0.1, 0.15) is 25.3 Å². The predicted octanol–water partition coefficient (Wildman–Crippen LogP) is 4.44. The minimum absolute atomic E-state index is 0.00414. The highest BCUT2D eigenvalue weighted by atomic mass is 35.5. The number of carbonyl (C=O) groups excluding carboxylic acids is 2. The lowest BCUT2D eigenvalue weighted by molar-refractivity contribution is -0.120. The number of nitrogens with zero attached hydrogens (tertiary/aromatic N) is 2. The minimum atomic E-state index is -3.85. The summed E-state index contributed by atoms with van der Waals surface area (Å²) in [6, 6.07) is 17.7. The molecule has 2 N–H and O–H groups in total. The molecule has 0 bridgehead atoms. The molecule has 4 rings (SSSR count). The molecule has 1 aliphatic rings. The second kappa shape index (κ2) is 9.28. The van der Waals surface area contributed by atoms with Gasteiger partial charge in [-0.1, -0.05) is 43.6 Å². The second-order valence-corrected chi connectivity index (χ2v) is 9.91. The Hall–Kier alpha value is -3.69. The molecular weight excluding hydrogens is 476 g/mol. The number of aromatic nitrogens is 1. The van der Waals surface area contributed by atoms with E-state index in [-0.39, 0.29) is 21.4 Å². The van der Waals surface area contributed by atoms with Crippen LogP contribution >= 0.6 is 11.6 Å². The van der Waals surface area contributed by atoms with Gasteiger partial charge in [-0.2, -0.15) is 0 Å². The monoisotopic (exact) mass is 496 g/mol. The first kappa shape index (κ1) is 23.5. The topological polar surface area (TPSA) is 108 Å². The molecule has 8 nitrogen and oxygen atoms in total. The van der Waals surface area contributed by atoms with Gasteiger partial charge in [0.15, 0.2) is 0 Å². The van der Waals surface area contributed by atoms with Crippen molar-refractivity contribution in [2.75, 3.05) is 14.9 Å². The molecule has 0 saturated carbocycles. The van der Waals surface area contributed by atoms with Crippen LogP contribution in [0.2, 0.25) is 0 Å². The van der Waals surface area contributed by atoms with E-state index in [9.17, 15) is 18.0 Å². The number of hydrogen-bond acceptors (Lipinski definition) is 6. The molecule has 0 unspecified atom stereocenters. The Balaban J connectivity index is 1.51. The normalized spacial score (nSPS) is 14.2. The van der Waals surface area contributed by atoms with E-state index in [4.69, 9.17) is 11.6 Å². The van der Waals surface area contributed by atoms with Crippen molar-refractivity contribution in [3.63, 3.8) is 0 Å². The Morgan fingerprint density at radius 1 is 0.912 bits per heavy atom. The Bertz CT molecular complexity index is 1370. The molecule has 174 valence electrons. The first-order chi connectivity index (χ1) is 16.2. The summed E-state index contributed by atoms with van der Waals surface area (Å²) in [5.41, 5.74) is 1.80. The molecule has 0 spiro atoms. The Labute approximate surface area is 202 Å². The van der Waals surface area contributed by atoms with Crippen LogP contribution in [0.4, 0.5) is 17.2 Å². The Morgan fingerprint density at radius 3 is 2.18 bits per heavy atom. The molecule has 0 aliphatic carbocycles. The summed E-state index contributed by atoms with van der Waals surface area (Å²) in [6.07, 6.45) is 1.48. The summed E-state index contributed by atoms with van der Waals surface area (Å²) < 4.78 is 27.5. The van der Waals surface area contributed by atoms with Gasteiger partial charge in [-0.05, 0) is 60.0 Å². The zero-order chi connectivity index (χ0) is 24.5. The Morgan fingerprint density at radius 2 is 1.59 bits per heavy atom. The van der Waals surface area contributed by atoms with Crippen molar-refractivity contribution in [2.24, 2.45) is 0 Å². The van der Waals surface area contributed by atoms with E-state index in [0.29, 0.717) is 17.3 Å². The number of amides is 2. The number of pyridine rings is 1. The molecule has 2 aromatic carbocycles. The van der Waals surface area contributed by atoms with E-state index in [0.717, 1.165) is 10.5 Å². The maximum Gasteiger partial charge on any atom is 0.283 e. The fraction of sp³-hybridized carbons (Fsp3) is 0.125. The highest BCUT2D eigenvalue weighted by molar-refractivity contribution is 7.92. The van der Waals surface area contributed by atoms with Crippen LogP contribution in [-0.2, 0) is 19.6 Å². The molecule has 2 heterocycles. The standard InChI is InChI=1S/C24H21ClN4O4S/c1-15(2)16-6-10-18(11-7-16)29-23(30)21(25)22(24(29)31)27-17-8-12-19(13-9-17)34(32,33)28-20-5-3-4-14-26-20/h3-15,27H,1-2H3,(H,26,28). The van der Waals surface area contributed by atoms with Gasteiger partial charge in [-0.3, -0.25) is 14.3 Å². The van der Waals surface area contributed by atoms with Crippen molar-refractivity contribution in [3.05, 3.63) is 89.2 Å². The quantitative estimate of drug-likeness (QED) is 0.468. The third-order valence-corrected chi connectivity index (χ3v) is 6.90. The predicted molar refractivity (Wildman–Crippen MR) is 131 cm³/mol. The summed E-state index contributed by atoms with van der Waals surface area (Å²) >= 11 is 6.19. The molecule has 1 aliphatic heterocycles. The van der Waals surface area contributed by atoms with Crippen molar-refractivity contribution in [3.8, 4) is 0 Å². The number of halogens is 1. The third kappa shape index (κ3) is 4.66. The third-order valence-electron chi connectivity index (χ3n) is 5.18. The largest absolute Gasteiger partial charge is 0.350 e. The van der Waals surface area contributed by atoms with Gasteiger partial charge in [0.25, 0.3) is 21.8 Å². The van der Waals surface area contributed by atoms with Crippen LogP contribution in [0.5, 0.6) is 0 Å². The van der Waals surface area contributed by atoms with Gasteiger partial charge in [0, 0.05) is 11.9 Å².